The lowest BCUT2D eigenvalue weighted by Crippen LogP contribution is -2.45. The van der Waals surface area contributed by atoms with Crippen molar-refractivity contribution in [3.8, 4) is 0 Å². The average Bonchev–Trinajstić information content (AvgIpc) is 2.95. The lowest BCUT2D eigenvalue weighted by atomic mass is 10.00. The minimum atomic E-state index is 0.411. The van der Waals surface area contributed by atoms with Gasteiger partial charge in [-0.2, -0.15) is 0 Å². The van der Waals surface area contributed by atoms with Crippen LogP contribution in [-0.2, 0) is 19.4 Å². The van der Waals surface area contributed by atoms with Gasteiger partial charge < -0.3 is 9.84 Å². The zero-order valence-electron chi connectivity index (χ0n) is 14.4. The predicted molar refractivity (Wildman–Crippen MR) is 92.5 cm³/mol. The van der Waals surface area contributed by atoms with Crippen molar-refractivity contribution < 1.29 is 4.52 Å². The standard InChI is InChI=1S/C19H27N3O/c1-4-15-6-8-16(9-7-15)19-12-20-10-11-22(19)13-17-14(3)23-21-18(17)5-2/h6-9,19-20H,4-5,10-13H2,1-3H3. The molecule has 1 aliphatic heterocycles. The van der Waals surface area contributed by atoms with Crippen molar-refractivity contribution in [2.45, 2.75) is 46.2 Å². The van der Waals surface area contributed by atoms with Gasteiger partial charge in [-0.1, -0.05) is 43.3 Å². The van der Waals surface area contributed by atoms with Crippen molar-refractivity contribution in [2.24, 2.45) is 0 Å². The van der Waals surface area contributed by atoms with Crippen molar-refractivity contribution in [1.29, 1.82) is 0 Å². The predicted octanol–water partition coefficient (Wildman–Crippen LogP) is 3.25. The van der Waals surface area contributed by atoms with Gasteiger partial charge in [-0.15, -0.1) is 0 Å². The van der Waals surface area contributed by atoms with Gasteiger partial charge >= 0.3 is 0 Å². The third-order valence-corrected chi connectivity index (χ3v) is 4.89. The van der Waals surface area contributed by atoms with Crippen LogP contribution in [0.2, 0.25) is 0 Å². The first kappa shape index (κ1) is 16.2. The zero-order chi connectivity index (χ0) is 16.2. The molecule has 0 aliphatic carbocycles. The molecule has 1 atom stereocenters. The Labute approximate surface area is 138 Å². The van der Waals surface area contributed by atoms with Crippen molar-refractivity contribution >= 4 is 0 Å². The van der Waals surface area contributed by atoms with Gasteiger partial charge in [-0.25, -0.2) is 0 Å². The van der Waals surface area contributed by atoms with Gasteiger partial charge in [-0.3, -0.25) is 4.90 Å². The Morgan fingerprint density at radius 2 is 2.00 bits per heavy atom. The first-order valence-electron chi connectivity index (χ1n) is 8.70. The van der Waals surface area contributed by atoms with E-state index in [0.29, 0.717) is 6.04 Å². The van der Waals surface area contributed by atoms with E-state index in [1.807, 2.05) is 6.92 Å². The normalized spacial score (nSPS) is 19.2. The summed E-state index contributed by atoms with van der Waals surface area (Å²) in [7, 11) is 0. The molecule has 0 spiro atoms. The van der Waals surface area contributed by atoms with Crippen molar-refractivity contribution in [3.63, 3.8) is 0 Å². The summed E-state index contributed by atoms with van der Waals surface area (Å²) in [4.78, 5) is 2.55. The summed E-state index contributed by atoms with van der Waals surface area (Å²) in [5.41, 5.74) is 5.15. The Bertz CT molecular complexity index is 633. The fourth-order valence-corrected chi connectivity index (χ4v) is 3.36. The van der Waals surface area contributed by atoms with E-state index in [1.165, 1.54) is 16.7 Å². The third-order valence-electron chi connectivity index (χ3n) is 4.89. The molecule has 1 unspecified atom stereocenters. The molecule has 4 nitrogen and oxygen atoms in total. The second-order valence-corrected chi connectivity index (χ2v) is 6.30. The highest BCUT2D eigenvalue weighted by Gasteiger charge is 2.26. The van der Waals surface area contributed by atoms with Gasteiger partial charge in [-0.05, 0) is 30.9 Å². The SMILES string of the molecule is CCc1ccc(C2CNCCN2Cc2c(CC)noc2C)cc1. The Morgan fingerprint density at radius 3 is 2.70 bits per heavy atom. The van der Waals surface area contributed by atoms with Crippen LogP contribution in [0.1, 0.15) is 48.0 Å². The highest BCUT2D eigenvalue weighted by Crippen LogP contribution is 2.26. The van der Waals surface area contributed by atoms with Gasteiger partial charge in [0.15, 0.2) is 0 Å². The molecule has 1 N–H and O–H groups in total. The summed E-state index contributed by atoms with van der Waals surface area (Å²) in [6, 6.07) is 9.48. The highest BCUT2D eigenvalue weighted by atomic mass is 16.5. The van der Waals surface area contributed by atoms with Crippen LogP contribution in [0.15, 0.2) is 28.8 Å². The lowest BCUT2D eigenvalue weighted by Gasteiger charge is -2.36. The molecule has 2 aromatic rings. The number of aromatic nitrogens is 1. The van der Waals surface area contributed by atoms with Crippen LogP contribution in [-0.4, -0.2) is 29.7 Å². The molecule has 0 bridgehead atoms. The largest absolute Gasteiger partial charge is 0.361 e. The van der Waals surface area contributed by atoms with Gasteiger partial charge in [0, 0.05) is 37.8 Å². The third kappa shape index (κ3) is 3.48. The summed E-state index contributed by atoms with van der Waals surface area (Å²) in [5, 5.41) is 7.74. The second kappa shape index (κ2) is 7.28. The van der Waals surface area contributed by atoms with Gasteiger partial charge in [0.05, 0.1) is 5.69 Å². The van der Waals surface area contributed by atoms with Gasteiger partial charge in [0.25, 0.3) is 0 Å². The van der Waals surface area contributed by atoms with Gasteiger partial charge in [0.1, 0.15) is 5.76 Å². The topological polar surface area (TPSA) is 41.3 Å². The van der Waals surface area contributed by atoms with Crippen LogP contribution in [0.25, 0.3) is 0 Å². The number of nitrogens with zero attached hydrogens (tertiary/aromatic N) is 2. The fraction of sp³-hybridized carbons (Fsp3) is 0.526. The molecule has 1 aromatic carbocycles. The van der Waals surface area contributed by atoms with Crippen molar-refractivity contribution in [1.82, 2.24) is 15.4 Å². The number of benzene rings is 1. The van der Waals surface area contributed by atoms with E-state index in [0.717, 1.165) is 50.5 Å². The second-order valence-electron chi connectivity index (χ2n) is 6.30. The molecular formula is C19H27N3O. The lowest BCUT2D eigenvalue weighted by molar-refractivity contribution is 0.152. The monoisotopic (exact) mass is 313 g/mol. The smallest absolute Gasteiger partial charge is 0.138 e. The molecular weight excluding hydrogens is 286 g/mol. The van der Waals surface area contributed by atoms with Crippen LogP contribution >= 0.6 is 0 Å². The van der Waals surface area contributed by atoms with E-state index in [-0.39, 0.29) is 0 Å². The van der Waals surface area contributed by atoms with Crippen molar-refractivity contribution in [3.05, 3.63) is 52.4 Å². The molecule has 1 aromatic heterocycles. The number of piperazine rings is 1. The Balaban J connectivity index is 1.82. The first-order chi connectivity index (χ1) is 11.2. The minimum Gasteiger partial charge on any atom is -0.361 e. The molecule has 4 heteroatoms. The van der Waals surface area contributed by atoms with E-state index in [4.69, 9.17) is 4.52 Å². The number of aryl methyl sites for hydroxylation is 3. The maximum absolute atomic E-state index is 5.41. The number of nitrogens with one attached hydrogen (secondary N) is 1. The summed E-state index contributed by atoms with van der Waals surface area (Å²) in [6.07, 6.45) is 2.02. The van der Waals surface area contributed by atoms with E-state index in [9.17, 15) is 0 Å². The van der Waals surface area contributed by atoms with E-state index in [1.54, 1.807) is 0 Å². The zero-order valence-corrected chi connectivity index (χ0v) is 14.4. The van der Waals surface area contributed by atoms with E-state index < -0.39 is 0 Å². The minimum absolute atomic E-state index is 0.411. The molecule has 0 saturated carbocycles. The molecule has 1 aliphatic rings. The Morgan fingerprint density at radius 1 is 1.22 bits per heavy atom. The summed E-state index contributed by atoms with van der Waals surface area (Å²) < 4.78 is 5.41. The van der Waals surface area contributed by atoms with Crippen LogP contribution < -0.4 is 5.32 Å². The number of hydrogen-bond donors (Lipinski definition) is 1. The van der Waals surface area contributed by atoms with Crippen LogP contribution in [0.3, 0.4) is 0 Å². The van der Waals surface area contributed by atoms with Crippen LogP contribution in [0.4, 0.5) is 0 Å². The highest BCUT2D eigenvalue weighted by molar-refractivity contribution is 5.27. The summed E-state index contributed by atoms with van der Waals surface area (Å²) in [5.74, 6) is 0.959. The average molecular weight is 313 g/mol. The maximum Gasteiger partial charge on any atom is 0.138 e. The first-order valence-corrected chi connectivity index (χ1v) is 8.70. The summed E-state index contributed by atoms with van der Waals surface area (Å²) >= 11 is 0. The Kier molecular flexibility index (Phi) is 5.13. The molecule has 0 radical (unpaired) electrons. The van der Waals surface area contributed by atoms with Crippen LogP contribution in [0.5, 0.6) is 0 Å². The number of rotatable bonds is 5. The molecule has 2 heterocycles. The maximum atomic E-state index is 5.41. The quantitative estimate of drug-likeness (QED) is 0.920. The fourth-order valence-electron chi connectivity index (χ4n) is 3.36. The molecule has 0 amide bonds. The van der Waals surface area contributed by atoms with Crippen molar-refractivity contribution in [2.75, 3.05) is 19.6 Å². The molecule has 1 saturated heterocycles. The molecule has 23 heavy (non-hydrogen) atoms. The van der Waals surface area contributed by atoms with E-state index >= 15 is 0 Å². The van der Waals surface area contributed by atoms with Crippen LogP contribution in [0, 0.1) is 6.92 Å². The number of hydrogen-bond acceptors (Lipinski definition) is 4. The summed E-state index contributed by atoms with van der Waals surface area (Å²) in [6.45, 7) is 10.4. The van der Waals surface area contributed by atoms with Gasteiger partial charge in [0.2, 0.25) is 0 Å². The molecule has 3 rings (SSSR count). The molecule has 1 fully saturated rings. The van der Waals surface area contributed by atoms with E-state index in [2.05, 4.69) is 53.5 Å². The Hall–Kier alpha value is -1.65. The molecule has 124 valence electrons.